The summed E-state index contributed by atoms with van der Waals surface area (Å²) in [6.07, 6.45) is 4.34. The summed E-state index contributed by atoms with van der Waals surface area (Å²) in [6, 6.07) is -0.0842. The van der Waals surface area contributed by atoms with Crippen LogP contribution in [0.15, 0.2) is 11.6 Å². The number of aliphatic hydroxyl groups is 1. The van der Waals surface area contributed by atoms with E-state index in [1.165, 1.54) is 0 Å². The Labute approximate surface area is 124 Å². The lowest BCUT2D eigenvalue weighted by Crippen LogP contribution is -2.55. The molecule has 0 radical (unpaired) electrons. The molecule has 2 saturated heterocycles. The lowest BCUT2D eigenvalue weighted by molar-refractivity contribution is -0.167. The first kappa shape index (κ1) is 14.9. The summed E-state index contributed by atoms with van der Waals surface area (Å²) in [4.78, 5) is 1.76. The molecule has 0 amide bonds. The van der Waals surface area contributed by atoms with Gasteiger partial charge >= 0.3 is 0 Å². The molecule has 21 heavy (non-hydrogen) atoms. The van der Waals surface area contributed by atoms with Crippen LogP contribution >= 0.6 is 0 Å². The van der Waals surface area contributed by atoms with Gasteiger partial charge in [0.25, 0.3) is 0 Å². The standard InChI is InChI=1S/C14H23N2O5/c1-2-3-4-5-6-15-10-7-9(11-8-20-14(10)21-11)12(13(15)17)16(18)19/h9-11,14,17-18H,2-8H2,1H3/q-1/t9-,10+,11+,14+/m0/s1. The van der Waals surface area contributed by atoms with Crippen LogP contribution < -0.4 is 0 Å². The molecule has 0 aromatic carbocycles. The normalized spacial score (nSPS) is 34.5. The van der Waals surface area contributed by atoms with Crippen LogP contribution in [-0.2, 0) is 9.47 Å². The molecule has 0 unspecified atom stereocenters. The van der Waals surface area contributed by atoms with E-state index in [-0.39, 0.29) is 41.2 Å². The Kier molecular flexibility index (Phi) is 4.26. The molecule has 0 aromatic heterocycles. The number of hydrogen-bond donors (Lipinski definition) is 2. The quantitative estimate of drug-likeness (QED) is 0.572. The Morgan fingerprint density at radius 1 is 1.38 bits per heavy atom. The van der Waals surface area contributed by atoms with E-state index in [9.17, 15) is 15.5 Å². The van der Waals surface area contributed by atoms with Gasteiger partial charge in [-0.1, -0.05) is 26.2 Å². The van der Waals surface area contributed by atoms with Gasteiger partial charge in [0.05, 0.1) is 24.4 Å². The highest BCUT2D eigenvalue weighted by Crippen LogP contribution is 2.44. The van der Waals surface area contributed by atoms with Crippen LogP contribution in [0.1, 0.15) is 39.0 Å². The number of unbranched alkanes of at least 4 members (excludes halogenated alkanes) is 3. The first-order valence-corrected chi connectivity index (χ1v) is 7.76. The highest BCUT2D eigenvalue weighted by Gasteiger charge is 2.52. The largest absolute Gasteiger partial charge is 0.734 e. The zero-order chi connectivity index (χ0) is 15.0. The molecule has 0 aliphatic carbocycles. The van der Waals surface area contributed by atoms with Gasteiger partial charge in [0.2, 0.25) is 5.88 Å². The van der Waals surface area contributed by atoms with Gasteiger partial charge in [-0.15, -0.1) is 0 Å². The van der Waals surface area contributed by atoms with Crippen molar-refractivity contribution in [2.45, 2.75) is 57.5 Å². The van der Waals surface area contributed by atoms with Crippen LogP contribution in [0, 0.1) is 11.1 Å². The molecular formula is C14H23N2O5-. The Morgan fingerprint density at radius 3 is 2.90 bits per heavy atom. The zero-order valence-corrected chi connectivity index (χ0v) is 12.3. The maximum absolute atomic E-state index is 11.4. The molecule has 0 aromatic rings. The van der Waals surface area contributed by atoms with Crippen molar-refractivity contribution >= 4 is 0 Å². The van der Waals surface area contributed by atoms with Gasteiger partial charge in [0.15, 0.2) is 6.29 Å². The maximum atomic E-state index is 11.4. The molecule has 7 heteroatoms. The van der Waals surface area contributed by atoms with E-state index in [1.807, 2.05) is 0 Å². The van der Waals surface area contributed by atoms with Gasteiger partial charge in [-0.3, -0.25) is 5.21 Å². The van der Waals surface area contributed by atoms with Crippen molar-refractivity contribution in [1.82, 2.24) is 10.1 Å². The van der Waals surface area contributed by atoms with E-state index in [0.29, 0.717) is 19.6 Å². The fourth-order valence-electron chi connectivity index (χ4n) is 3.62. The van der Waals surface area contributed by atoms with Crippen molar-refractivity contribution in [3.05, 3.63) is 16.8 Å². The third-order valence-corrected chi connectivity index (χ3v) is 4.70. The molecular weight excluding hydrogens is 276 g/mol. The molecule has 3 aliphatic rings. The number of ether oxygens (including phenoxy) is 2. The van der Waals surface area contributed by atoms with Crippen LogP contribution in [0.5, 0.6) is 0 Å². The minimum atomic E-state index is -0.347. The van der Waals surface area contributed by atoms with Gasteiger partial charge in [0.1, 0.15) is 0 Å². The second-order valence-electron chi connectivity index (χ2n) is 6.02. The Bertz CT molecular complexity index is 414. The van der Waals surface area contributed by atoms with Crippen LogP contribution in [-0.4, -0.2) is 52.0 Å². The highest BCUT2D eigenvalue weighted by molar-refractivity contribution is 5.19. The average Bonchev–Trinajstić information content (AvgIpc) is 2.88. The molecule has 4 bridgehead atoms. The smallest absolute Gasteiger partial charge is 0.209 e. The predicted molar refractivity (Wildman–Crippen MR) is 74.0 cm³/mol. The molecule has 2 fully saturated rings. The molecule has 120 valence electrons. The van der Waals surface area contributed by atoms with Gasteiger partial charge in [-0.05, 0) is 12.8 Å². The van der Waals surface area contributed by atoms with Crippen molar-refractivity contribution in [3.8, 4) is 0 Å². The van der Waals surface area contributed by atoms with E-state index in [4.69, 9.17) is 9.47 Å². The monoisotopic (exact) mass is 299 g/mol. The van der Waals surface area contributed by atoms with E-state index in [1.54, 1.807) is 4.90 Å². The van der Waals surface area contributed by atoms with Gasteiger partial charge in [-0.25, -0.2) is 0 Å². The molecule has 3 heterocycles. The molecule has 3 rings (SSSR count). The molecule has 0 spiro atoms. The lowest BCUT2D eigenvalue weighted by atomic mass is 9.85. The number of hydrogen-bond acceptors (Lipinski definition) is 7. The second-order valence-corrected chi connectivity index (χ2v) is 6.02. The predicted octanol–water partition coefficient (Wildman–Crippen LogP) is 1.93. The minimum absolute atomic E-state index is 0.00990. The average molecular weight is 299 g/mol. The summed E-state index contributed by atoms with van der Waals surface area (Å²) < 4.78 is 11.4. The topological polar surface area (TPSA) is 88.5 Å². The lowest BCUT2D eigenvalue weighted by Gasteiger charge is -2.48. The van der Waals surface area contributed by atoms with E-state index in [2.05, 4.69) is 6.92 Å². The van der Waals surface area contributed by atoms with Crippen molar-refractivity contribution < 1.29 is 19.8 Å². The fraction of sp³-hybridized carbons (Fsp3) is 0.857. The number of aliphatic hydroxyl groups excluding tert-OH is 1. The first-order chi connectivity index (χ1) is 10.1. The van der Waals surface area contributed by atoms with Crippen molar-refractivity contribution in [2.24, 2.45) is 5.92 Å². The maximum Gasteiger partial charge on any atom is 0.209 e. The molecule has 3 aliphatic heterocycles. The third kappa shape index (κ3) is 2.59. The van der Waals surface area contributed by atoms with Crippen LogP contribution in [0.25, 0.3) is 0 Å². The Hall–Kier alpha value is -1.02. The molecule has 7 nitrogen and oxygen atoms in total. The van der Waals surface area contributed by atoms with E-state index < -0.39 is 0 Å². The summed E-state index contributed by atoms with van der Waals surface area (Å²) in [6.45, 7) is 3.18. The Balaban J connectivity index is 1.80. The number of hydroxylamine groups is 2. The summed E-state index contributed by atoms with van der Waals surface area (Å²) in [5.41, 5.74) is 0.00990. The SMILES string of the molecule is CCCCCCN1C(O)=C(N([O-])O)[C@H]2C[C@@H]1[C@@H]1OC[C@H]2O1. The molecule has 0 saturated carbocycles. The van der Waals surface area contributed by atoms with Crippen LogP contribution in [0.3, 0.4) is 0 Å². The van der Waals surface area contributed by atoms with Crippen molar-refractivity contribution in [3.63, 3.8) is 0 Å². The summed E-state index contributed by atoms with van der Waals surface area (Å²) in [5.74, 6) is -0.419. The summed E-state index contributed by atoms with van der Waals surface area (Å²) >= 11 is 0. The Morgan fingerprint density at radius 2 is 2.19 bits per heavy atom. The fourth-order valence-corrected chi connectivity index (χ4v) is 3.62. The first-order valence-electron chi connectivity index (χ1n) is 7.76. The van der Waals surface area contributed by atoms with Crippen molar-refractivity contribution in [1.29, 1.82) is 0 Å². The second kappa shape index (κ2) is 6.00. The van der Waals surface area contributed by atoms with Crippen LogP contribution in [0.2, 0.25) is 0 Å². The van der Waals surface area contributed by atoms with Gasteiger partial charge in [0, 0.05) is 12.5 Å². The van der Waals surface area contributed by atoms with Crippen LogP contribution in [0.4, 0.5) is 0 Å². The van der Waals surface area contributed by atoms with E-state index in [0.717, 1.165) is 25.7 Å². The molecule has 2 N–H and O–H groups in total. The number of rotatable bonds is 6. The summed E-state index contributed by atoms with van der Waals surface area (Å²) in [7, 11) is 0. The zero-order valence-electron chi connectivity index (χ0n) is 12.3. The minimum Gasteiger partial charge on any atom is -0.734 e. The number of nitrogens with zero attached hydrogens (tertiary/aromatic N) is 2. The van der Waals surface area contributed by atoms with Crippen molar-refractivity contribution in [2.75, 3.05) is 13.2 Å². The summed E-state index contributed by atoms with van der Waals surface area (Å²) in [5, 5.41) is 31.0. The van der Waals surface area contributed by atoms with E-state index >= 15 is 0 Å². The van der Waals surface area contributed by atoms with Gasteiger partial charge < -0.3 is 29.9 Å². The molecule has 4 atom stereocenters. The van der Waals surface area contributed by atoms with Gasteiger partial charge in [-0.2, -0.15) is 0 Å². The number of fused-ring (bicyclic) bond motifs is 6. The highest BCUT2D eigenvalue weighted by atomic mass is 16.8. The third-order valence-electron chi connectivity index (χ3n) is 4.70.